The summed E-state index contributed by atoms with van der Waals surface area (Å²) in [5.41, 5.74) is 0. The summed E-state index contributed by atoms with van der Waals surface area (Å²) in [7, 11) is 0. The van der Waals surface area contributed by atoms with Gasteiger partial charge in [-0.25, -0.2) is 0 Å². The zero-order valence-corrected chi connectivity index (χ0v) is 11.9. The third-order valence-electron chi connectivity index (χ3n) is 0.571. The third-order valence-corrected chi connectivity index (χ3v) is 0.571. The number of esters is 1. The summed E-state index contributed by atoms with van der Waals surface area (Å²) in [4.78, 5) is 19.3. The van der Waals surface area contributed by atoms with Gasteiger partial charge in [-0.15, -0.1) is 0 Å². The molecule has 0 aromatic carbocycles. The lowest BCUT2D eigenvalue weighted by Crippen LogP contribution is -1.95. The first-order valence-electron chi connectivity index (χ1n) is 5.65. The van der Waals surface area contributed by atoms with Gasteiger partial charge in [-0.1, -0.05) is 6.92 Å². The second-order valence-electron chi connectivity index (χ2n) is 2.87. The minimum atomic E-state index is -0.211. The number of aliphatic hydroxyl groups excluding tert-OH is 2. The summed E-state index contributed by atoms with van der Waals surface area (Å²) < 4.78 is 4.40. The van der Waals surface area contributed by atoms with E-state index >= 15 is 0 Å². The quantitative estimate of drug-likeness (QED) is 0.728. The van der Waals surface area contributed by atoms with E-state index in [1.54, 1.807) is 13.8 Å². The van der Waals surface area contributed by atoms with Crippen molar-refractivity contribution < 1.29 is 24.5 Å². The maximum atomic E-state index is 9.82. The summed E-state index contributed by atoms with van der Waals surface area (Å²) in [5, 5.41) is 15.4. The number of ether oxygens (including phenoxy) is 1. The molecule has 0 aliphatic rings. The second-order valence-corrected chi connectivity index (χ2v) is 2.87. The summed E-state index contributed by atoms with van der Waals surface area (Å²) in [6.07, 6.45) is 0.875. The molecule has 0 saturated carbocycles. The van der Waals surface area contributed by atoms with Crippen LogP contribution in [0.2, 0.25) is 0 Å². The van der Waals surface area contributed by atoms with E-state index in [-0.39, 0.29) is 18.4 Å². The van der Waals surface area contributed by atoms with Crippen LogP contribution in [0.5, 0.6) is 0 Å². The van der Waals surface area contributed by atoms with Crippen LogP contribution in [0.1, 0.15) is 48.0 Å². The van der Waals surface area contributed by atoms with Gasteiger partial charge in [0.1, 0.15) is 5.78 Å². The molecule has 0 spiro atoms. The van der Waals surface area contributed by atoms with Crippen LogP contribution in [-0.2, 0) is 14.3 Å². The van der Waals surface area contributed by atoms with Crippen molar-refractivity contribution in [3.05, 3.63) is 0 Å². The van der Waals surface area contributed by atoms with Crippen molar-refractivity contribution in [1.29, 1.82) is 0 Å². The van der Waals surface area contributed by atoms with Gasteiger partial charge in [0.05, 0.1) is 6.61 Å². The maximum Gasteiger partial charge on any atom is 0.302 e. The highest BCUT2D eigenvalue weighted by atomic mass is 16.5. The van der Waals surface area contributed by atoms with Gasteiger partial charge >= 0.3 is 5.97 Å². The Balaban J connectivity index is -0.0000000688. The predicted molar refractivity (Wildman–Crippen MR) is 68.8 cm³/mol. The van der Waals surface area contributed by atoms with Gasteiger partial charge in [0.15, 0.2) is 0 Å². The summed E-state index contributed by atoms with van der Waals surface area (Å²) in [5.74, 6) is -0.0440. The lowest BCUT2D eigenvalue weighted by atomic mass is 10.5. The van der Waals surface area contributed by atoms with E-state index in [1.807, 2.05) is 6.92 Å². The molecular formula is C12H28O5. The Bertz CT molecular complexity index is 140. The van der Waals surface area contributed by atoms with Crippen molar-refractivity contribution in [2.24, 2.45) is 0 Å². The van der Waals surface area contributed by atoms with E-state index in [2.05, 4.69) is 4.74 Å². The average molecular weight is 252 g/mol. The molecule has 0 aliphatic carbocycles. The predicted octanol–water partition coefficient (Wildman–Crippen LogP) is 1.55. The normalized spacial score (nSPS) is 7.06. The third kappa shape index (κ3) is 274. The first kappa shape index (κ1) is 25.0. The Hall–Kier alpha value is -0.940. The highest BCUT2D eigenvalue weighted by molar-refractivity contribution is 5.72. The highest BCUT2D eigenvalue weighted by Gasteiger charge is 1.81. The van der Waals surface area contributed by atoms with Crippen LogP contribution < -0.4 is 0 Å². The van der Waals surface area contributed by atoms with Crippen LogP contribution in [0.3, 0.4) is 0 Å². The van der Waals surface area contributed by atoms with Crippen LogP contribution in [0.4, 0.5) is 0 Å². The van der Waals surface area contributed by atoms with E-state index in [1.165, 1.54) is 20.8 Å². The zero-order valence-electron chi connectivity index (χ0n) is 11.9. The lowest BCUT2D eigenvalue weighted by Gasteiger charge is -1.89. The number of aliphatic hydroxyl groups is 2. The highest BCUT2D eigenvalue weighted by Crippen LogP contribution is 1.69. The number of rotatable bonds is 2. The van der Waals surface area contributed by atoms with Crippen molar-refractivity contribution in [3.8, 4) is 0 Å². The minimum Gasteiger partial charge on any atom is -0.466 e. The molecule has 106 valence electrons. The number of hydrogen-bond acceptors (Lipinski definition) is 5. The molecule has 0 radical (unpaired) electrons. The van der Waals surface area contributed by atoms with E-state index in [9.17, 15) is 9.59 Å². The Kier molecular flexibility index (Phi) is 43.3. The fourth-order valence-corrected chi connectivity index (χ4v) is 0.203. The second kappa shape index (κ2) is 29.4. The Morgan fingerprint density at radius 3 is 1.24 bits per heavy atom. The van der Waals surface area contributed by atoms with Crippen molar-refractivity contribution in [1.82, 2.24) is 0 Å². The zero-order chi connectivity index (χ0) is 14.7. The van der Waals surface area contributed by atoms with Crippen LogP contribution in [0.25, 0.3) is 0 Å². The standard InChI is InChI=1S/C4H8O2.C3H6O.C3H8O.C2H6O/c1-3-6-4(2)5;1-3(2)4;1-2-3-4;1-2-3/h3H2,1-2H3;1-2H3;4H,2-3H2,1H3;3H,2H2,1H3. The van der Waals surface area contributed by atoms with Gasteiger partial charge in [-0.2, -0.15) is 0 Å². The number of carbonyl (C=O) groups is 2. The molecule has 0 aliphatic heterocycles. The number of hydrogen-bond donors (Lipinski definition) is 2. The number of Topliss-reactive ketones (excluding diaryl/α,β-unsaturated/α-hetero) is 1. The maximum absolute atomic E-state index is 9.82. The molecule has 0 bridgehead atoms. The topological polar surface area (TPSA) is 83.8 Å². The number of ketones is 1. The molecule has 2 N–H and O–H groups in total. The van der Waals surface area contributed by atoms with Crippen LogP contribution in [-0.4, -0.2) is 41.8 Å². The molecule has 0 amide bonds. The Morgan fingerprint density at radius 2 is 1.24 bits per heavy atom. The van der Waals surface area contributed by atoms with Gasteiger partial charge in [0.2, 0.25) is 0 Å². The summed E-state index contributed by atoms with van der Waals surface area (Å²) in [6, 6.07) is 0. The largest absolute Gasteiger partial charge is 0.466 e. The molecule has 0 fully saturated rings. The fourth-order valence-electron chi connectivity index (χ4n) is 0.203. The molecule has 5 heteroatoms. The number of carbonyl (C=O) groups excluding carboxylic acids is 2. The molecule has 0 rings (SSSR count). The van der Waals surface area contributed by atoms with E-state index in [0.717, 1.165) is 6.42 Å². The molecule has 0 aromatic heterocycles. The monoisotopic (exact) mass is 252 g/mol. The van der Waals surface area contributed by atoms with Crippen molar-refractivity contribution in [3.63, 3.8) is 0 Å². The van der Waals surface area contributed by atoms with Crippen LogP contribution >= 0.6 is 0 Å². The van der Waals surface area contributed by atoms with Crippen molar-refractivity contribution in [2.75, 3.05) is 19.8 Å². The molecule has 0 aromatic rings. The molecule has 17 heavy (non-hydrogen) atoms. The van der Waals surface area contributed by atoms with E-state index in [0.29, 0.717) is 13.2 Å². The average Bonchev–Trinajstić information content (AvgIpc) is 2.18. The van der Waals surface area contributed by atoms with Gasteiger partial charge in [0.25, 0.3) is 0 Å². The molecule has 0 heterocycles. The molecule has 0 atom stereocenters. The van der Waals surface area contributed by atoms with Crippen molar-refractivity contribution in [2.45, 2.75) is 48.0 Å². The van der Waals surface area contributed by atoms with Gasteiger partial charge in [0, 0.05) is 20.1 Å². The minimum absolute atomic E-state index is 0.167. The Labute approximate surface area is 105 Å². The molecule has 0 unspecified atom stereocenters. The first-order chi connectivity index (χ1) is 7.83. The van der Waals surface area contributed by atoms with Gasteiger partial charge in [-0.3, -0.25) is 4.79 Å². The Morgan fingerprint density at radius 1 is 1.00 bits per heavy atom. The van der Waals surface area contributed by atoms with Gasteiger partial charge in [-0.05, 0) is 34.1 Å². The molecule has 5 nitrogen and oxygen atoms in total. The lowest BCUT2D eigenvalue weighted by molar-refractivity contribution is -0.140. The van der Waals surface area contributed by atoms with Gasteiger partial charge < -0.3 is 19.7 Å². The summed E-state index contributed by atoms with van der Waals surface area (Å²) in [6.45, 7) is 10.9. The van der Waals surface area contributed by atoms with Crippen molar-refractivity contribution >= 4 is 11.8 Å². The first-order valence-corrected chi connectivity index (χ1v) is 5.65. The molecule has 0 saturated heterocycles. The van der Waals surface area contributed by atoms with Crippen LogP contribution in [0.15, 0.2) is 0 Å². The SMILES string of the molecule is CC(C)=O.CCCO.CCO.CCOC(C)=O. The summed E-state index contributed by atoms with van der Waals surface area (Å²) >= 11 is 0. The van der Waals surface area contributed by atoms with E-state index < -0.39 is 0 Å². The van der Waals surface area contributed by atoms with Crippen LogP contribution in [0, 0.1) is 0 Å². The smallest absolute Gasteiger partial charge is 0.302 e. The fraction of sp³-hybridized carbons (Fsp3) is 0.833. The molecular weight excluding hydrogens is 224 g/mol. The van der Waals surface area contributed by atoms with E-state index in [4.69, 9.17) is 10.2 Å².